The lowest BCUT2D eigenvalue weighted by molar-refractivity contribution is 0.0770. The summed E-state index contributed by atoms with van der Waals surface area (Å²) in [6, 6.07) is 5.95. The molecule has 0 radical (unpaired) electrons. The molecule has 0 amide bonds. The summed E-state index contributed by atoms with van der Waals surface area (Å²) in [5, 5.41) is 4.07. The highest BCUT2D eigenvalue weighted by molar-refractivity contribution is 6.32. The molecule has 0 bridgehead atoms. The van der Waals surface area contributed by atoms with Gasteiger partial charge in [0.15, 0.2) is 0 Å². The predicted molar refractivity (Wildman–Crippen MR) is 84.6 cm³/mol. The Morgan fingerprint density at radius 1 is 1.25 bits per heavy atom. The summed E-state index contributed by atoms with van der Waals surface area (Å²) in [7, 11) is 0. The first-order valence-electron chi connectivity index (χ1n) is 7.37. The van der Waals surface area contributed by atoms with Gasteiger partial charge in [-0.2, -0.15) is 0 Å². The molecule has 4 heteroatoms. The Kier molecular flexibility index (Phi) is 8.67. The Morgan fingerprint density at radius 2 is 2.05 bits per heavy atom. The van der Waals surface area contributed by atoms with Crippen LogP contribution in [-0.4, -0.2) is 25.9 Å². The van der Waals surface area contributed by atoms with E-state index in [1.54, 1.807) is 0 Å². The minimum atomic E-state index is 0.310. The quantitative estimate of drug-likeness (QED) is 0.662. The molecule has 114 valence electrons. The van der Waals surface area contributed by atoms with Crippen LogP contribution in [0, 0.1) is 0 Å². The molecule has 0 aliphatic heterocycles. The molecule has 0 aliphatic rings. The molecule has 0 spiro atoms. The summed E-state index contributed by atoms with van der Waals surface area (Å²) < 4.78 is 11.0. The van der Waals surface area contributed by atoms with Gasteiger partial charge in [0.2, 0.25) is 0 Å². The van der Waals surface area contributed by atoms with Crippen LogP contribution >= 0.6 is 11.6 Å². The fraction of sp³-hybridized carbons (Fsp3) is 0.625. The molecule has 0 unspecified atom stereocenters. The van der Waals surface area contributed by atoms with E-state index < -0.39 is 0 Å². The second-order valence-corrected chi connectivity index (χ2v) is 5.47. The standard InChI is InChI=1S/C16H26ClNO2/c1-4-9-20-16-7-6-14(11-15(16)17)12-18-8-5-10-19-13(2)3/h6-7,11,13,18H,4-5,8-10,12H2,1-3H3. The van der Waals surface area contributed by atoms with Gasteiger partial charge in [0.25, 0.3) is 0 Å². The number of hydrogen-bond acceptors (Lipinski definition) is 3. The zero-order chi connectivity index (χ0) is 14.8. The van der Waals surface area contributed by atoms with Crippen molar-refractivity contribution in [1.29, 1.82) is 0 Å². The van der Waals surface area contributed by atoms with E-state index in [9.17, 15) is 0 Å². The highest BCUT2D eigenvalue weighted by Crippen LogP contribution is 2.25. The normalized spacial score (nSPS) is 11.1. The molecular formula is C16H26ClNO2. The van der Waals surface area contributed by atoms with E-state index in [-0.39, 0.29) is 0 Å². The zero-order valence-corrected chi connectivity index (χ0v) is 13.5. The summed E-state index contributed by atoms with van der Waals surface area (Å²) in [5.41, 5.74) is 1.17. The van der Waals surface area contributed by atoms with Gasteiger partial charge in [-0.15, -0.1) is 0 Å². The van der Waals surface area contributed by atoms with Gasteiger partial charge in [-0.3, -0.25) is 0 Å². The van der Waals surface area contributed by atoms with Crippen LogP contribution in [0.4, 0.5) is 0 Å². The summed E-state index contributed by atoms with van der Waals surface area (Å²) in [6.07, 6.45) is 2.31. The summed E-state index contributed by atoms with van der Waals surface area (Å²) in [4.78, 5) is 0. The van der Waals surface area contributed by atoms with Gasteiger partial charge in [0, 0.05) is 13.2 Å². The van der Waals surface area contributed by atoms with Gasteiger partial charge in [-0.25, -0.2) is 0 Å². The van der Waals surface area contributed by atoms with Crippen molar-refractivity contribution in [2.45, 2.75) is 46.3 Å². The van der Waals surface area contributed by atoms with Crippen molar-refractivity contribution in [3.8, 4) is 5.75 Å². The Bertz CT molecular complexity index is 383. The third-order valence-electron chi connectivity index (χ3n) is 2.74. The Hall–Kier alpha value is -0.770. The first-order valence-corrected chi connectivity index (χ1v) is 7.74. The fourth-order valence-electron chi connectivity index (χ4n) is 1.73. The lowest BCUT2D eigenvalue weighted by Gasteiger charge is -2.10. The molecule has 0 aliphatic carbocycles. The number of benzene rings is 1. The summed E-state index contributed by atoms with van der Waals surface area (Å²) in [6.45, 7) is 9.45. The fourth-order valence-corrected chi connectivity index (χ4v) is 1.99. The Labute approximate surface area is 127 Å². The van der Waals surface area contributed by atoms with Crippen molar-refractivity contribution in [3.05, 3.63) is 28.8 Å². The SMILES string of the molecule is CCCOc1ccc(CNCCCOC(C)C)cc1Cl. The highest BCUT2D eigenvalue weighted by Gasteiger charge is 2.02. The molecule has 0 saturated heterocycles. The van der Waals surface area contributed by atoms with Crippen molar-refractivity contribution < 1.29 is 9.47 Å². The maximum absolute atomic E-state index is 6.19. The molecule has 3 nitrogen and oxygen atoms in total. The van der Waals surface area contributed by atoms with Gasteiger partial charge in [0.05, 0.1) is 17.7 Å². The minimum Gasteiger partial charge on any atom is -0.492 e. The minimum absolute atomic E-state index is 0.310. The van der Waals surface area contributed by atoms with Crippen LogP contribution in [0.5, 0.6) is 5.75 Å². The van der Waals surface area contributed by atoms with Crippen LogP contribution in [0.1, 0.15) is 39.2 Å². The van der Waals surface area contributed by atoms with Crippen molar-refractivity contribution in [2.24, 2.45) is 0 Å². The van der Waals surface area contributed by atoms with E-state index in [2.05, 4.69) is 32.2 Å². The lowest BCUT2D eigenvalue weighted by atomic mass is 10.2. The van der Waals surface area contributed by atoms with Gasteiger partial charge in [0.1, 0.15) is 5.75 Å². The van der Waals surface area contributed by atoms with Crippen molar-refractivity contribution in [1.82, 2.24) is 5.32 Å². The van der Waals surface area contributed by atoms with Gasteiger partial charge in [-0.1, -0.05) is 24.6 Å². The smallest absolute Gasteiger partial charge is 0.137 e. The number of rotatable bonds is 10. The van der Waals surface area contributed by atoms with E-state index in [1.807, 2.05) is 12.1 Å². The molecule has 0 atom stereocenters. The van der Waals surface area contributed by atoms with Crippen LogP contribution in [-0.2, 0) is 11.3 Å². The largest absolute Gasteiger partial charge is 0.492 e. The molecular weight excluding hydrogens is 274 g/mol. The van der Waals surface area contributed by atoms with E-state index >= 15 is 0 Å². The third kappa shape index (κ3) is 7.13. The predicted octanol–water partition coefficient (Wildman–Crippen LogP) is 4.03. The van der Waals surface area contributed by atoms with E-state index in [0.29, 0.717) is 17.7 Å². The average Bonchev–Trinajstić information content (AvgIpc) is 2.41. The lowest BCUT2D eigenvalue weighted by Crippen LogP contribution is -2.17. The molecule has 1 aromatic carbocycles. The molecule has 0 aromatic heterocycles. The van der Waals surface area contributed by atoms with Crippen molar-refractivity contribution >= 4 is 11.6 Å². The Balaban J connectivity index is 2.25. The molecule has 0 fully saturated rings. The van der Waals surface area contributed by atoms with Crippen LogP contribution in [0.15, 0.2) is 18.2 Å². The first kappa shape index (κ1) is 17.3. The van der Waals surface area contributed by atoms with Gasteiger partial charge in [-0.05, 0) is 50.9 Å². The highest BCUT2D eigenvalue weighted by atomic mass is 35.5. The van der Waals surface area contributed by atoms with Crippen molar-refractivity contribution in [3.63, 3.8) is 0 Å². The number of ether oxygens (including phenoxy) is 2. The van der Waals surface area contributed by atoms with Gasteiger partial charge >= 0.3 is 0 Å². The molecule has 20 heavy (non-hydrogen) atoms. The topological polar surface area (TPSA) is 30.5 Å². The average molecular weight is 300 g/mol. The molecule has 1 aromatic rings. The summed E-state index contributed by atoms with van der Waals surface area (Å²) >= 11 is 6.19. The number of nitrogens with one attached hydrogen (secondary N) is 1. The van der Waals surface area contributed by atoms with Gasteiger partial charge < -0.3 is 14.8 Å². The second kappa shape index (κ2) is 10.0. The second-order valence-electron chi connectivity index (χ2n) is 5.06. The zero-order valence-electron chi connectivity index (χ0n) is 12.7. The molecule has 1 rings (SSSR count). The van der Waals surface area contributed by atoms with E-state index in [1.165, 1.54) is 5.56 Å². The molecule has 0 saturated carbocycles. The van der Waals surface area contributed by atoms with Crippen LogP contribution in [0.25, 0.3) is 0 Å². The number of halogens is 1. The molecule has 1 N–H and O–H groups in total. The Morgan fingerprint density at radius 3 is 2.70 bits per heavy atom. The van der Waals surface area contributed by atoms with Crippen molar-refractivity contribution in [2.75, 3.05) is 19.8 Å². The number of hydrogen-bond donors (Lipinski definition) is 1. The first-order chi connectivity index (χ1) is 9.63. The van der Waals surface area contributed by atoms with E-state index in [4.69, 9.17) is 21.1 Å². The maximum atomic E-state index is 6.19. The van der Waals surface area contributed by atoms with Crippen LogP contribution in [0.3, 0.4) is 0 Å². The monoisotopic (exact) mass is 299 g/mol. The van der Waals surface area contributed by atoms with Crippen LogP contribution in [0.2, 0.25) is 5.02 Å². The third-order valence-corrected chi connectivity index (χ3v) is 3.03. The molecule has 0 heterocycles. The maximum Gasteiger partial charge on any atom is 0.137 e. The van der Waals surface area contributed by atoms with E-state index in [0.717, 1.165) is 38.3 Å². The summed E-state index contributed by atoms with van der Waals surface area (Å²) in [5.74, 6) is 0.766. The van der Waals surface area contributed by atoms with Crippen LogP contribution < -0.4 is 10.1 Å².